The van der Waals surface area contributed by atoms with E-state index in [0.29, 0.717) is 17.6 Å². The van der Waals surface area contributed by atoms with Crippen LogP contribution >= 0.6 is 0 Å². The van der Waals surface area contributed by atoms with Gasteiger partial charge in [0, 0.05) is 23.5 Å². The molecule has 2 N–H and O–H groups in total. The highest BCUT2D eigenvalue weighted by atomic mass is 16.5. The van der Waals surface area contributed by atoms with Crippen LogP contribution in [0.25, 0.3) is 0 Å². The molecular formula is C19H24N4O2. The molecule has 0 amide bonds. The van der Waals surface area contributed by atoms with Crippen molar-refractivity contribution < 1.29 is 9.53 Å². The van der Waals surface area contributed by atoms with Crippen LogP contribution in [0.5, 0.6) is 0 Å². The summed E-state index contributed by atoms with van der Waals surface area (Å²) in [5.41, 5.74) is 2.12. The van der Waals surface area contributed by atoms with Gasteiger partial charge in [0.25, 0.3) is 0 Å². The minimum Gasteiger partial charge on any atom is -0.465 e. The van der Waals surface area contributed by atoms with Gasteiger partial charge in [0.15, 0.2) is 0 Å². The molecule has 6 nitrogen and oxygen atoms in total. The van der Waals surface area contributed by atoms with E-state index in [-0.39, 0.29) is 5.97 Å². The SMILES string of the molecule is COC(=O)c1cccc(Nc2nc(C)cc(NC3CCCCC3)n2)c1. The number of aromatic nitrogens is 2. The van der Waals surface area contributed by atoms with E-state index in [4.69, 9.17) is 4.74 Å². The van der Waals surface area contributed by atoms with Crippen LogP contribution in [0.3, 0.4) is 0 Å². The number of ether oxygens (including phenoxy) is 1. The molecule has 0 atom stereocenters. The second-order valence-corrected chi connectivity index (χ2v) is 6.39. The lowest BCUT2D eigenvalue weighted by atomic mass is 9.95. The van der Waals surface area contributed by atoms with Gasteiger partial charge in [-0.3, -0.25) is 0 Å². The van der Waals surface area contributed by atoms with Crippen LogP contribution in [-0.4, -0.2) is 29.1 Å². The molecule has 1 fully saturated rings. The number of nitrogens with one attached hydrogen (secondary N) is 2. The second kappa shape index (κ2) is 7.96. The lowest BCUT2D eigenvalue weighted by molar-refractivity contribution is 0.0601. The Morgan fingerprint density at radius 3 is 2.72 bits per heavy atom. The molecule has 0 aliphatic heterocycles. The summed E-state index contributed by atoms with van der Waals surface area (Å²) in [6.45, 7) is 1.95. The zero-order valence-electron chi connectivity index (χ0n) is 14.7. The smallest absolute Gasteiger partial charge is 0.337 e. The Kier molecular flexibility index (Phi) is 5.48. The quantitative estimate of drug-likeness (QED) is 0.800. The number of anilines is 3. The fraction of sp³-hybridized carbons (Fsp3) is 0.421. The average Bonchev–Trinajstić information content (AvgIpc) is 2.61. The van der Waals surface area contributed by atoms with Crippen LogP contribution in [0.15, 0.2) is 30.3 Å². The maximum Gasteiger partial charge on any atom is 0.337 e. The Hall–Kier alpha value is -2.63. The van der Waals surface area contributed by atoms with Gasteiger partial charge in [-0.05, 0) is 38.0 Å². The third-order valence-electron chi connectivity index (χ3n) is 4.35. The van der Waals surface area contributed by atoms with Crippen molar-refractivity contribution in [3.63, 3.8) is 0 Å². The molecule has 1 aliphatic rings. The molecule has 0 radical (unpaired) electrons. The molecule has 3 rings (SSSR count). The number of esters is 1. The summed E-state index contributed by atoms with van der Waals surface area (Å²) in [5.74, 6) is 0.986. The number of nitrogens with zero attached hydrogens (tertiary/aromatic N) is 2. The highest BCUT2D eigenvalue weighted by Crippen LogP contribution is 2.22. The van der Waals surface area contributed by atoms with Crippen molar-refractivity contribution in [2.24, 2.45) is 0 Å². The van der Waals surface area contributed by atoms with Gasteiger partial charge in [-0.1, -0.05) is 25.3 Å². The van der Waals surface area contributed by atoms with Crippen molar-refractivity contribution in [1.29, 1.82) is 0 Å². The van der Waals surface area contributed by atoms with E-state index in [9.17, 15) is 4.79 Å². The summed E-state index contributed by atoms with van der Waals surface area (Å²) in [6, 6.07) is 9.55. The van der Waals surface area contributed by atoms with Crippen molar-refractivity contribution in [2.45, 2.75) is 45.1 Å². The van der Waals surface area contributed by atoms with Gasteiger partial charge in [-0.15, -0.1) is 0 Å². The van der Waals surface area contributed by atoms with E-state index < -0.39 is 0 Å². The number of hydrogen-bond donors (Lipinski definition) is 2. The lowest BCUT2D eigenvalue weighted by Gasteiger charge is -2.23. The first kappa shape index (κ1) is 17.2. The van der Waals surface area contributed by atoms with E-state index in [0.717, 1.165) is 17.2 Å². The number of carbonyl (C=O) groups is 1. The van der Waals surface area contributed by atoms with Gasteiger partial charge < -0.3 is 15.4 Å². The molecule has 25 heavy (non-hydrogen) atoms. The topological polar surface area (TPSA) is 76.1 Å². The molecule has 132 valence electrons. The summed E-state index contributed by atoms with van der Waals surface area (Å²) >= 11 is 0. The molecule has 1 aliphatic carbocycles. The zero-order chi connectivity index (χ0) is 17.6. The van der Waals surface area contributed by atoms with Crippen LogP contribution in [0.4, 0.5) is 17.5 Å². The Morgan fingerprint density at radius 2 is 1.96 bits per heavy atom. The van der Waals surface area contributed by atoms with Crippen LogP contribution < -0.4 is 10.6 Å². The third kappa shape index (κ3) is 4.68. The van der Waals surface area contributed by atoms with E-state index in [1.165, 1.54) is 39.2 Å². The summed E-state index contributed by atoms with van der Waals surface area (Å²) in [5, 5.41) is 6.69. The third-order valence-corrected chi connectivity index (χ3v) is 4.35. The summed E-state index contributed by atoms with van der Waals surface area (Å²) < 4.78 is 4.76. The average molecular weight is 340 g/mol. The van der Waals surface area contributed by atoms with Crippen LogP contribution in [0.1, 0.15) is 48.2 Å². The number of hydrogen-bond acceptors (Lipinski definition) is 6. The number of benzene rings is 1. The normalized spacial score (nSPS) is 14.8. The number of aryl methyl sites for hydroxylation is 1. The van der Waals surface area contributed by atoms with Crippen molar-refractivity contribution >= 4 is 23.4 Å². The van der Waals surface area contributed by atoms with Crippen molar-refractivity contribution in [2.75, 3.05) is 17.7 Å². The Bertz CT molecular complexity index is 742. The lowest BCUT2D eigenvalue weighted by Crippen LogP contribution is -2.23. The largest absolute Gasteiger partial charge is 0.465 e. The van der Waals surface area contributed by atoms with Crippen molar-refractivity contribution in [3.8, 4) is 0 Å². The molecule has 0 spiro atoms. The molecule has 1 heterocycles. The van der Waals surface area contributed by atoms with E-state index in [2.05, 4.69) is 20.6 Å². The molecule has 0 bridgehead atoms. The van der Waals surface area contributed by atoms with E-state index in [1.807, 2.05) is 19.1 Å². The molecular weight excluding hydrogens is 316 g/mol. The first-order valence-corrected chi connectivity index (χ1v) is 8.71. The number of rotatable bonds is 5. The van der Waals surface area contributed by atoms with Gasteiger partial charge in [-0.25, -0.2) is 9.78 Å². The van der Waals surface area contributed by atoms with Crippen LogP contribution in [0.2, 0.25) is 0 Å². The Balaban J connectivity index is 1.75. The highest BCUT2D eigenvalue weighted by Gasteiger charge is 2.14. The van der Waals surface area contributed by atoms with Gasteiger partial charge in [0.05, 0.1) is 12.7 Å². The summed E-state index contributed by atoms with van der Waals surface area (Å²) in [7, 11) is 1.37. The minimum atomic E-state index is -0.367. The first-order valence-electron chi connectivity index (χ1n) is 8.71. The summed E-state index contributed by atoms with van der Waals surface area (Å²) in [4.78, 5) is 20.7. The van der Waals surface area contributed by atoms with Gasteiger partial charge >= 0.3 is 5.97 Å². The Morgan fingerprint density at radius 1 is 1.16 bits per heavy atom. The predicted molar refractivity (Wildman–Crippen MR) is 98.3 cm³/mol. The Labute approximate surface area is 148 Å². The van der Waals surface area contributed by atoms with E-state index >= 15 is 0 Å². The fourth-order valence-electron chi connectivity index (χ4n) is 3.13. The molecule has 0 saturated heterocycles. The number of methoxy groups -OCH3 is 1. The fourth-order valence-corrected chi connectivity index (χ4v) is 3.13. The standard InChI is InChI=1S/C19H24N4O2/c1-13-11-17(21-15-8-4-3-5-9-15)23-19(20-13)22-16-10-6-7-14(12-16)18(24)25-2/h6-7,10-12,15H,3-5,8-9H2,1-2H3,(H2,20,21,22,23). The highest BCUT2D eigenvalue weighted by molar-refractivity contribution is 5.90. The van der Waals surface area contributed by atoms with Crippen LogP contribution in [-0.2, 0) is 4.74 Å². The molecule has 1 aromatic carbocycles. The minimum absolute atomic E-state index is 0.367. The molecule has 1 saturated carbocycles. The van der Waals surface area contributed by atoms with Crippen molar-refractivity contribution in [1.82, 2.24) is 9.97 Å². The zero-order valence-corrected chi connectivity index (χ0v) is 14.7. The van der Waals surface area contributed by atoms with Gasteiger partial charge in [-0.2, -0.15) is 4.98 Å². The first-order chi connectivity index (χ1) is 12.1. The monoisotopic (exact) mass is 340 g/mol. The molecule has 0 unspecified atom stereocenters. The molecule has 2 aromatic rings. The van der Waals surface area contributed by atoms with Gasteiger partial charge in [0.2, 0.25) is 5.95 Å². The maximum atomic E-state index is 11.7. The second-order valence-electron chi connectivity index (χ2n) is 6.39. The van der Waals surface area contributed by atoms with Crippen molar-refractivity contribution in [3.05, 3.63) is 41.6 Å². The number of carbonyl (C=O) groups excluding carboxylic acids is 1. The van der Waals surface area contributed by atoms with Crippen LogP contribution in [0, 0.1) is 6.92 Å². The summed E-state index contributed by atoms with van der Waals surface area (Å²) in [6.07, 6.45) is 6.24. The van der Waals surface area contributed by atoms with E-state index in [1.54, 1.807) is 18.2 Å². The van der Waals surface area contributed by atoms with Gasteiger partial charge in [0.1, 0.15) is 5.82 Å². The molecule has 6 heteroatoms. The molecule has 1 aromatic heterocycles. The predicted octanol–water partition coefficient (Wildman–Crippen LogP) is 4.06. The maximum absolute atomic E-state index is 11.7.